The molecule has 26 heavy (non-hydrogen) atoms. The van der Waals surface area contributed by atoms with E-state index in [4.69, 9.17) is 4.74 Å². The van der Waals surface area contributed by atoms with Gasteiger partial charge < -0.3 is 10.1 Å². The maximum absolute atomic E-state index is 12.6. The van der Waals surface area contributed by atoms with E-state index in [0.717, 1.165) is 45.3 Å². The molecule has 2 aliphatic heterocycles. The monoisotopic (exact) mass is 359 g/mol. The van der Waals surface area contributed by atoms with E-state index in [-0.39, 0.29) is 18.0 Å². The molecule has 0 radical (unpaired) electrons. The van der Waals surface area contributed by atoms with E-state index in [2.05, 4.69) is 53.2 Å². The van der Waals surface area contributed by atoms with E-state index in [1.165, 1.54) is 18.4 Å². The van der Waals surface area contributed by atoms with Gasteiger partial charge >= 0.3 is 0 Å². The van der Waals surface area contributed by atoms with Gasteiger partial charge in [-0.1, -0.05) is 37.3 Å². The normalized spacial score (nSPS) is 22.7. The Balaban J connectivity index is 1.61. The summed E-state index contributed by atoms with van der Waals surface area (Å²) in [6.45, 7) is 10.3. The molecule has 1 aromatic carbocycles. The summed E-state index contributed by atoms with van der Waals surface area (Å²) in [6, 6.07) is 10.8. The number of amides is 1. The second-order valence-electron chi connectivity index (χ2n) is 7.82. The SMILES string of the molecule is CC1CCN(CC(=O)N[C@@H](C)[C@@H](c2ccccc2)N2CCOCC2)CC1. The Morgan fingerprint density at radius 3 is 2.46 bits per heavy atom. The summed E-state index contributed by atoms with van der Waals surface area (Å²) in [5.41, 5.74) is 1.26. The molecule has 1 N–H and O–H groups in total. The lowest BCUT2D eigenvalue weighted by atomic mass is 9.97. The number of benzene rings is 1. The van der Waals surface area contributed by atoms with Crippen LogP contribution in [0.1, 0.15) is 38.3 Å². The van der Waals surface area contributed by atoms with E-state index < -0.39 is 0 Å². The molecule has 1 aromatic rings. The van der Waals surface area contributed by atoms with Gasteiger partial charge in [-0.2, -0.15) is 0 Å². The molecule has 0 saturated carbocycles. The zero-order valence-corrected chi connectivity index (χ0v) is 16.2. The number of nitrogens with zero attached hydrogens (tertiary/aromatic N) is 2. The number of carbonyl (C=O) groups is 1. The van der Waals surface area contributed by atoms with Crippen molar-refractivity contribution in [2.24, 2.45) is 5.92 Å². The molecule has 0 bridgehead atoms. The van der Waals surface area contributed by atoms with E-state index in [1.54, 1.807) is 0 Å². The maximum atomic E-state index is 12.6. The Kier molecular flexibility index (Phi) is 7.06. The van der Waals surface area contributed by atoms with Crippen molar-refractivity contribution in [2.45, 2.75) is 38.8 Å². The number of likely N-dealkylation sites (tertiary alicyclic amines) is 1. The molecular weight excluding hydrogens is 326 g/mol. The number of hydrogen-bond acceptors (Lipinski definition) is 4. The van der Waals surface area contributed by atoms with Gasteiger partial charge in [-0.15, -0.1) is 0 Å². The molecule has 2 saturated heterocycles. The molecule has 5 nitrogen and oxygen atoms in total. The van der Waals surface area contributed by atoms with Crippen LogP contribution >= 0.6 is 0 Å². The Labute approximate surface area is 157 Å². The second-order valence-corrected chi connectivity index (χ2v) is 7.82. The number of morpholine rings is 1. The van der Waals surface area contributed by atoms with Crippen LogP contribution in [-0.2, 0) is 9.53 Å². The molecule has 2 fully saturated rings. The summed E-state index contributed by atoms with van der Waals surface area (Å²) in [4.78, 5) is 17.3. The highest BCUT2D eigenvalue weighted by Crippen LogP contribution is 2.25. The summed E-state index contributed by atoms with van der Waals surface area (Å²) >= 11 is 0. The van der Waals surface area contributed by atoms with E-state index in [0.29, 0.717) is 6.54 Å². The summed E-state index contributed by atoms with van der Waals surface area (Å²) in [6.07, 6.45) is 2.40. The zero-order chi connectivity index (χ0) is 18.4. The fourth-order valence-electron chi connectivity index (χ4n) is 4.12. The molecule has 0 aromatic heterocycles. The Hall–Kier alpha value is -1.43. The first-order valence-electron chi connectivity index (χ1n) is 10.0. The van der Waals surface area contributed by atoms with Crippen LogP contribution in [-0.4, -0.2) is 67.7 Å². The largest absolute Gasteiger partial charge is 0.379 e. The number of carbonyl (C=O) groups excluding carboxylic acids is 1. The number of piperidine rings is 1. The molecule has 5 heteroatoms. The topological polar surface area (TPSA) is 44.8 Å². The van der Waals surface area contributed by atoms with E-state index >= 15 is 0 Å². The molecule has 0 aliphatic carbocycles. The lowest BCUT2D eigenvalue weighted by molar-refractivity contribution is -0.123. The van der Waals surface area contributed by atoms with Crippen LogP contribution in [0.3, 0.4) is 0 Å². The standard InChI is InChI=1S/C21H33N3O2/c1-17-8-10-23(11-9-17)16-20(25)22-18(2)21(19-6-4-3-5-7-19)24-12-14-26-15-13-24/h3-7,17-18,21H,8-16H2,1-2H3,(H,22,25)/t18-,21-/m0/s1. The van der Waals surface area contributed by atoms with Crippen molar-refractivity contribution in [3.63, 3.8) is 0 Å². The average Bonchev–Trinajstić information content (AvgIpc) is 2.65. The van der Waals surface area contributed by atoms with Gasteiger partial charge in [0.05, 0.1) is 25.8 Å². The number of ether oxygens (including phenoxy) is 1. The summed E-state index contributed by atoms with van der Waals surface area (Å²) < 4.78 is 5.52. The fraction of sp³-hybridized carbons (Fsp3) is 0.667. The van der Waals surface area contributed by atoms with E-state index in [1.807, 2.05) is 6.07 Å². The third-order valence-corrected chi connectivity index (χ3v) is 5.69. The Morgan fingerprint density at radius 2 is 1.81 bits per heavy atom. The summed E-state index contributed by atoms with van der Waals surface area (Å²) in [7, 11) is 0. The Morgan fingerprint density at radius 1 is 1.15 bits per heavy atom. The van der Waals surface area contributed by atoms with Crippen molar-refractivity contribution in [1.29, 1.82) is 0 Å². The van der Waals surface area contributed by atoms with Crippen LogP contribution in [0.4, 0.5) is 0 Å². The highest BCUT2D eigenvalue weighted by atomic mass is 16.5. The van der Waals surface area contributed by atoms with Gasteiger partial charge in [-0.25, -0.2) is 0 Å². The maximum Gasteiger partial charge on any atom is 0.234 e. The van der Waals surface area contributed by atoms with Crippen molar-refractivity contribution in [3.05, 3.63) is 35.9 Å². The fourth-order valence-corrected chi connectivity index (χ4v) is 4.12. The third-order valence-electron chi connectivity index (χ3n) is 5.69. The summed E-state index contributed by atoms with van der Waals surface area (Å²) in [5.74, 6) is 0.929. The van der Waals surface area contributed by atoms with Crippen LogP contribution in [0.2, 0.25) is 0 Å². The van der Waals surface area contributed by atoms with Crippen LogP contribution in [0.15, 0.2) is 30.3 Å². The number of hydrogen-bond donors (Lipinski definition) is 1. The molecule has 2 atom stereocenters. The van der Waals surface area contributed by atoms with Crippen molar-refractivity contribution in [3.8, 4) is 0 Å². The molecule has 144 valence electrons. The molecule has 0 spiro atoms. The van der Waals surface area contributed by atoms with Crippen LogP contribution in [0.25, 0.3) is 0 Å². The quantitative estimate of drug-likeness (QED) is 0.846. The Bertz CT molecular complexity index is 552. The van der Waals surface area contributed by atoms with Gasteiger partial charge in [-0.3, -0.25) is 14.6 Å². The summed E-state index contributed by atoms with van der Waals surface area (Å²) in [5, 5.41) is 3.27. The van der Waals surface area contributed by atoms with Crippen molar-refractivity contribution < 1.29 is 9.53 Å². The van der Waals surface area contributed by atoms with Crippen molar-refractivity contribution >= 4 is 5.91 Å². The molecule has 1 amide bonds. The first-order valence-corrected chi connectivity index (χ1v) is 10.0. The van der Waals surface area contributed by atoms with Crippen LogP contribution in [0.5, 0.6) is 0 Å². The third kappa shape index (κ3) is 5.29. The molecular formula is C21H33N3O2. The van der Waals surface area contributed by atoms with Gasteiger partial charge in [0.25, 0.3) is 0 Å². The van der Waals surface area contributed by atoms with Crippen molar-refractivity contribution in [1.82, 2.24) is 15.1 Å². The average molecular weight is 360 g/mol. The minimum atomic E-state index is 0.0618. The van der Waals surface area contributed by atoms with Gasteiger partial charge in [0.15, 0.2) is 0 Å². The number of rotatable bonds is 6. The van der Waals surface area contributed by atoms with Crippen LogP contribution < -0.4 is 5.32 Å². The minimum Gasteiger partial charge on any atom is -0.379 e. The predicted molar refractivity (Wildman–Crippen MR) is 104 cm³/mol. The minimum absolute atomic E-state index is 0.0618. The second kappa shape index (κ2) is 9.49. The van der Waals surface area contributed by atoms with Crippen LogP contribution in [0, 0.1) is 5.92 Å². The van der Waals surface area contributed by atoms with Crippen molar-refractivity contribution in [2.75, 3.05) is 45.9 Å². The highest BCUT2D eigenvalue weighted by Gasteiger charge is 2.29. The van der Waals surface area contributed by atoms with Gasteiger partial charge in [0.2, 0.25) is 5.91 Å². The molecule has 2 aliphatic rings. The zero-order valence-electron chi connectivity index (χ0n) is 16.2. The first-order chi connectivity index (χ1) is 12.6. The van der Waals surface area contributed by atoms with Gasteiger partial charge in [0.1, 0.15) is 0 Å². The van der Waals surface area contributed by atoms with Gasteiger partial charge in [0, 0.05) is 19.1 Å². The number of nitrogens with one attached hydrogen (secondary N) is 1. The molecule has 3 rings (SSSR count). The molecule has 2 heterocycles. The highest BCUT2D eigenvalue weighted by molar-refractivity contribution is 5.78. The van der Waals surface area contributed by atoms with Gasteiger partial charge in [-0.05, 0) is 44.3 Å². The lowest BCUT2D eigenvalue weighted by Gasteiger charge is -2.38. The predicted octanol–water partition coefficient (Wildman–Crippen LogP) is 2.30. The molecule has 0 unspecified atom stereocenters. The smallest absolute Gasteiger partial charge is 0.234 e. The lowest BCUT2D eigenvalue weighted by Crippen LogP contribution is -2.50. The first kappa shape index (κ1) is 19.3. The van der Waals surface area contributed by atoms with E-state index in [9.17, 15) is 4.79 Å².